The zero-order chi connectivity index (χ0) is 16.2. The molecule has 0 aliphatic heterocycles. The maximum atomic E-state index is 12.0. The minimum Gasteiger partial charge on any atom is -0.352 e. The van der Waals surface area contributed by atoms with Gasteiger partial charge in [-0.15, -0.1) is 0 Å². The molecular weight excluding hydrogens is 274 g/mol. The van der Waals surface area contributed by atoms with Gasteiger partial charge in [-0.05, 0) is 63.0 Å². The second-order valence-electron chi connectivity index (χ2n) is 5.71. The monoisotopic (exact) mass is 305 g/mol. The zero-order valence-electron chi connectivity index (χ0n) is 14.1. The lowest BCUT2D eigenvalue weighted by atomic mass is 10.1. The lowest BCUT2D eigenvalue weighted by Gasteiger charge is -2.20. The van der Waals surface area contributed by atoms with E-state index in [2.05, 4.69) is 24.1 Å². The Morgan fingerprint density at radius 2 is 1.68 bits per heavy atom. The van der Waals surface area contributed by atoms with Gasteiger partial charge in [-0.3, -0.25) is 4.79 Å². The van der Waals surface area contributed by atoms with E-state index in [1.807, 2.05) is 24.3 Å². The first-order chi connectivity index (χ1) is 10.7. The van der Waals surface area contributed by atoms with E-state index in [1.165, 1.54) is 25.9 Å². The van der Waals surface area contributed by atoms with E-state index in [-0.39, 0.29) is 5.91 Å². The molecule has 0 saturated carbocycles. The molecule has 22 heavy (non-hydrogen) atoms. The second-order valence-corrected chi connectivity index (χ2v) is 5.71. The van der Waals surface area contributed by atoms with Crippen molar-refractivity contribution >= 4 is 5.91 Å². The Balaban J connectivity index is 2.21. The van der Waals surface area contributed by atoms with Crippen molar-refractivity contribution in [2.24, 2.45) is 5.73 Å². The molecule has 1 aromatic carbocycles. The molecule has 0 aliphatic rings. The Labute approximate surface area is 135 Å². The summed E-state index contributed by atoms with van der Waals surface area (Å²) in [5.74, 6) is 0.00236. The van der Waals surface area contributed by atoms with Crippen LogP contribution in [0.5, 0.6) is 0 Å². The molecule has 1 amide bonds. The summed E-state index contributed by atoms with van der Waals surface area (Å²) in [6.07, 6.45) is 4.56. The second kappa shape index (κ2) is 11.2. The van der Waals surface area contributed by atoms with Gasteiger partial charge in [0.2, 0.25) is 0 Å². The molecule has 4 heteroatoms. The molecule has 0 aliphatic carbocycles. The number of carbonyl (C=O) groups excluding carboxylic acids is 1. The number of carbonyl (C=O) groups is 1. The molecule has 0 heterocycles. The highest BCUT2D eigenvalue weighted by molar-refractivity contribution is 5.94. The first-order valence-corrected chi connectivity index (χ1v) is 8.50. The fraction of sp³-hybridized carbons (Fsp3) is 0.611. The van der Waals surface area contributed by atoms with Crippen LogP contribution in [0.3, 0.4) is 0 Å². The number of amides is 1. The Bertz CT molecular complexity index is 411. The average molecular weight is 305 g/mol. The highest BCUT2D eigenvalue weighted by Crippen LogP contribution is 2.04. The van der Waals surface area contributed by atoms with E-state index < -0.39 is 0 Å². The number of nitrogens with zero attached hydrogens (tertiary/aromatic N) is 1. The summed E-state index contributed by atoms with van der Waals surface area (Å²) >= 11 is 0. The van der Waals surface area contributed by atoms with Gasteiger partial charge in [-0.25, -0.2) is 0 Å². The number of hydrogen-bond donors (Lipinski definition) is 2. The third kappa shape index (κ3) is 7.05. The van der Waals surface area contributed by atoms with Crippen LogP contribution >= 0.6 is 0 Å². The van der Waals surface area contributed by atoms with Crippen LogP contribution in [0.1, 0.15) is 55.5 Å². The van der Waals surface area contributed by atoms with Crippen LogP contribution in [0.25, 0.3) is 0 Å². The van der Waals surface area contributed by atoms with Crippen molar-refractivity contribution in [1.82, 2.24) is 10.2 Å². The summed E-state index contributed by atoms with van der Waals surface area (Å²) in [5.41, 5.74) is 7.30. The summed E-state index contributed by atoms with van der Waals surface area (Å²) in [6, 6.07) is 7.48. The quantitative estimate of drug-likeness (QED) is 0.618. The number of unbranched alkanes of at least 4 members (excludes halogenated alkanes) is 1. The number of benzene rings is 1. The average Bonchev–Trinajstić information content (AvgIpc) is 2.54. The van der Waals surface area contributed by atoms with Gasteiger partial charge < -0.3 is 16.0 Å². The summed E-state index contributed by atoms with van der Waals surface area (Å²) in [7, 11) is 0. The van der Waals surface area contributed by atoms with Crippen LogP contribution in [0.4, 0.5) is 0 Å². The SMILES string of the molecule is CCCN(CCC)CCCCNC(=O)c1ccc(CN)cc1. The molecule has 0 saturated heterocycles. The number of hydrogen-bond acceptors (Lipinski definition) is 3. The van der Waals surface area contributed by atoms with E-state index in [1.54, 1.807) is 0 Å². The fourth-order valence-electron chi connectivity index (χ4n) is 2.52. The molecule has 0 bridgehead atoms. The van der Waals surface area contributed by atoms with Crippen LogP contribution in [0.15, 0.2) is 24.3 Å². The standard InChI is InChI=1S/C18H31N3O/c1-3-12-21(13-4-2)14-6-5-11-20-18(22)17-9-7-16(15-19)8-10-17/h7-10H,3-6,11-15,19H2,1-2H3,(H,20,22). The summed E-state index contributed by atoms with van der Waals surface area (Å²) in [6.45, 7) is 9.17. The lowest BCUT2D eigenvalue weighted by molar-refractivity contribution is 0.0952. The minimum absolute atomic E-state index is 0.00236. The fourth-order valence-corrected chi connectivity index (χ4v) is 2.52. The van der Waals surface area contributed by atoms with Crippen molar-refractivity contribution in [3.8, 4) is 0 Å². The van der Waals surface area contributed by atoms with Crippen LogP contribution < -0.4 is 11.1 Å². The van der Waals surface area contributed by atoms with E-state index in [0.29, 0.717) is 12.1 Å². The first kappa shape index (κ1) is 18.7. The van der Waals surface area contributed by atoms with Crippen molar-refractivity contribution in [2.45, 2.75) is 46.1 Å². The zero-order valence-corrected chi connectivity index (χ0v) is 14.1. The first-order valence-electron chi connectivity index (χ1n) is 8.50. The smallest absolute Gasteiger partial charge is 0.251 e. The molecule has 0 aromatic heterocycles. The molecule has 0 unspecified atom stereocenters. The minimum atomic E-state index is 0.00236. The number of rotatable bonds is 11. The van der Waals surface area contributed by atoms with Crippen LogP contribution in [0, 0.1) is 0 Å². The Morgan fingerprint density at radius 3 is 2.23 bits per heavy atom. The number of nitrogens with one attached hydrogen (secondary N) is 1. The maximum Gasteiger partial charge on any atom is 0.251 e. The molecule has 0 spiro atoms. The highest BCUT2D eigenvalue weighted by Gasteiger charge is 2.05. The van der Waals surface area contributed by atoms with Crippen molar-refractivity contribution in [2.75, 3.05) is 26.2 Å². The van der Waals surface area contributed by atoms with Crippen molar-refractivity contribution in [1.29, 1.82) is 0 Å². The molecular formula is C18H31N3O. The van der Waals surface area contributed by atoms with Crippen LogP contribution in [-0.2, 0) is 6.54 Å². The molecule has 0 radical (unpaired) electrons. The largest absolute Gasteiger partial charge is 0.352 e. The third-order valence-corrected chi connectivity index (χ3v) is 3.72. The van der Waals surface area contributed by atoms with Gasteiger partial charge in [-0.1, -0.05) is 26.0 Å². The van der Waals surface area contributed by atoms with Gasteiger partial charge in [0.25, 0.3) is 5.91 Å². The molecule has 0 atom stereocenters. The van der Waals surface area contributed by atoms with Gasteiger partial charge in [0.05, 0.1) is 0 Å². The molecule has 3 N–H and O–H groups in total. The van der Waals surface area contributed by atoms with E-state index in [4.69, 9.17) is 5.73 Å². The molecule has 124 valence electrons. The highest BCUT2D eigenvalue weighted by atomic mass is 16.1. The van der Waals surface area contributed by atoms with Crippen molar-refractivity contribution in [3.63, 3.8) is 0 Å². The predicted molar refractivity (Wildman–Crippen MR) is 92.9 cm³/mol. The Kier molecular flexibility index (Phi) is 9.51. The summed E-state index contributed by atoms with van der Waals surface area (Å²) < 4.78 is 0. The van der Waals surface area contributed by atoms with Crippen LogP contribution in [0.2, 0.25) is 0 Å². The van der Waals surface area contributed by atoms with Gasteiger partial charge in [0, 0.05) is 18.7 Å². The van der Waals surface area contributed by atoms with Gasteiger partial charge >= 0.3 is 0 Å². The normalized spacial score (nSPS) is 10.9. The Hall–Kier alpha value is -1.39. The number of nitrogens with two attached hydrogens (primary N) is 1. The molecule has 1 rings (SSSR count). The molecule has 1 aromatic rings. The van der Waals surface area contributed by atoms with E-state index in [9.17, 15) is 4.79 Å². The van der Waals surface area contributed by atoms with E-state index >= 15 is 0 Å². The Morgan fingerprint density at radius 1 is 1.05 bits per heavy atom. The summed E-state index contributed by atoms with van der Waals surface area (Å²) in [4.78, 5) is 14.5. The maximum absolute atomic E-state index is 12.0. The van der Waals surface area contributed by atoms with Gasteiger partial charge in [0.1, 0.15) is 0 Å². The van der Waals surface area contributed by atoms with Crippen molar-refractivity contribution in [3.05, 3.63) is 35.4 Å². The van der Waals surface area contributed by atoms with Gasteiger partial charge in [-0.2, -0.15) is 0 Å². The molecule has 0 fully saturated rings. The van der Waals surface area contributed by atoms with Gasteiger partial charge in [0.15, 0.2) is 0 Å². The lowest BCUT2D eigenvalue weighted by Crippen LogP contribution is -2.28. The van der Waals surface area contributed by atoms with E-state index in [0.717, 1.165) is 31.5 Å². The molecule has 4 nitrogen and oxygen atoms in total. The third-order valence-electron chi connectivity index (χ3n) is 3.72. The van der Waals surface area contributed by atoms with Crippen LogP contribution in [-0.4, -0.2) is 37.0 Å². The predicted octanol–water partition coefficient (Wildman–Crippen LogP) is 2.78. The topological polar surface area (TPSA) is 58.4 Å². The van der Waals surface area contributed by atoms with Crippen molar-refractivity contribution < 1.29 is 4.79 Å². The summed E-state index contributed by atoms with van der Waals surface area (Å²) in [5, 5.41) is 2.99.